The van der Waals surface area contributed by atoms with E-state index in [0.29, 0.717) is 0 Å². The molecule has 118 valence electrons. The van der Waals surface area contributed by atoms with Gasteiger partial charge in [0, 0.05) is 18.8 Å². The van der Waals surface area contributed by atoms with Gasteiger partial charge in [-0.3, -0.25) is 4.79 Å². The predicted molar refractivity (Wildman–Crippen MR) is 89.6 cm³/mol. The molecule has 0 aromatic heterocycles. The molecule has 0 aliphatic rings. The Morgan fingerprint density at radius 3 is 2.38 bits per heavy atom. The van der Waals surface area contributed by atoms with Gasteiger partial charge in [-0.2, -0.15) is 0 Å². The molecule has 1 amide bonds. The first kappa shape index (κ1) is 17.5. The van der Waals surface area contributed by atoms with Gasteiger partial charge in [0.1, 0.15) is 0 Å². The summed E-state index contributed by atoms with van der Waals surface area (Å²) in [6, 6.07) is 8.62. The average Bonchev–Trinajstić information content (AvgIpc) is 2.48. The van der Waals surface area contributed by atoms with E-state index < -0.39 is 5.54 Å². The second kappa shape index (κ2) is 8.03. The smallest absolute Gasteiger partial charge is 0.237 e. The van der Waals surface area contributed by atoms with Crippen molar-refractivity contribution < 1.29 is 4.79 Å². The van der Waals surface area contributed by atoms with Gasteiger partial charge in [-0.25, -0.2) is 0 Å². The summed E-state index contributed by atoms with van der Waals surface area (Å²) in [6.07, 6.45) is 2.79. The Balaban J connectivity index is 2.46. The first-order chi connectivity index (χ1) is 9.92. The maximum Gasteiger partial charge on any atom is 0.237 e. The van der Waals surface area contributed by atoms with Crippen molar-refractivity contribution in [2.45, 2.75) is 45.6 Å². The third kappa shape index (κ3) is 5.05. The minimum Gasteiger partial charge on any atom is -0.372 e. The Hall–Kier alpha value is -1.55. The quantitative estimate of drug-likeness (QED) is 0.687. The molecule has 1 aromatic rings. The Kier molecular flexibility index (Phi) is 6.69. The van der Waals surface area contributed by atoms with Crippen LogP contribution in [0.1, 0.15) is 38.7 Å². The van der Waals surface area contributed by atoms with E-state index in [1.165, 1.54) is 11.3 Å². The molecule has 0 radical (unpaired) electrons. The zero-order valence-corrected chi connectivity index (χ0v) is 13.8. The van der Waals surface area contributed by atoms with Crippen LogP contribution in [0.2, 0.25) is 0 Å². The van der Waals surface area contributed by atoms with E-state index in [1.807, 2.05) is 6.92 Å². The second-order valence-electron chi connectivity index (χ2n) is 5.82. The van der Waals surface area contributed by atoms with Crippen molar-refractivity contribution in [3.63, 3.8) is 0 Å². The maximum atomic E-state index is 11.4. The molecule has 0 aliphatic carbocycles. The standard InChI is InChI=1S/C17H29N3O/c1-5-20(15-10-8-14(2)9-11-15)13-7-6-12-17(3,19-4)16(18)21/h8-11,19H,5-7,12-13H2,1-4H3,(H2,18,21). The molecule has 0 saturated carbocycles. The molecule has 1 aromatic carbocycles. The summed E-state index contributed by atoms with van der Waals surface area (Å²) in [5, 5.41) is 3.03. The van der Waals surface area contributed by atoms with Gasteiger partial charge in [0.05, 0.1) is 5.54 Å². The lowest BCUT2D eigenvalue weighted by Crippen LogP contribution is -2.51. The number of nitrogens with two attached hydrogens (primary N) is 1. The number of hydrogen-bond acceptors (Lipinski definition) is 3. The molecule has 0 bridgehead atoms. The summed E-state index contributed by atoms with van der Waals surface area (Å²) < 4.78 is 0. The minimum atomic E-state index is -0.596. The van der Waals surface area contributed by atoms with Gasteiger partial charge >= 0.3 is 0 Å². The van der Waals surface area contributed by atoms with Crippen molar-refractivity contribution in [3.05, 3.63) is 29.8 Å². The number of amides is 1. The number of aryl methyl sites for hydroxylation is 1. The molecule has 1 unspecified atom stereocenters. The summed E-state index contributed by atoms with van der Waals surface area (Å²) in [6.45, 7) is 8.12. The van der Waals surface area contributed by atoms with Crippen molar-refractivity contribution in [2.24, 2.45) is 5.73 Å². The molecule has 4 nitrogen and oxygen atoms in total. The Morgan fingerprint density at radius 1 is 1.29 bits per heavy atom. The number of carbonyl (C=O) groups excluding carboxylic acids is 1. The number of nitrogens with zero attached hydrogens (tertiary/aromatic N) is 1. The zero-order chi connectivity index (χ0) is 15.9. The largest absolute Gasteiger partial charge is 0.372 e. The van der Waals surface area contributed by atoms with Crippen LogP contribution in [0.25, 0.3) is 0 Å². The van der Waals surface area contributed by atoms with E-state index >= 15 is 0 Å². The van der Waals surface area contributed by atoms with Gasteiger partial charge in [0.2, 0.25) is 5.91 Å². The second-order valence-corrected chi connectivity index (χ2v) is 5.82. The lowest BCUT2D eigenvalue weighted by molar-refractivity contribution is -0.123. The van der Waals surface area contributed by atoms with Gasteiger partial charge in [-0.05, 0) is 59.2 Å². The molecule has 0 fully saturated rings. The number of benzene rings is 1. The molecular weight excluding hydrogens is 262 g/mol. The molecular formula is C17H29N3O. The highest BCUT2D eigenvalue weighted by atomic mass is 16.1. The van der Waals surface area contributed by atoms with E-state index in [9.17, 15) is 4.79 Å². The van der Waals surface area contributed by atoms with Gasteiger partial charge in [0.15, 0.2) is 0 Å². The number of unbranched alkanes of at least 4 members (excludes halogenated alkanes) is 1. The zero-order valence-electron chi connectivity index (χ0n) is 13.8. The number of likely N-dealkylation sites (N-methyl/N-ethyl adjacent to an activating group) is 1. The predicted octanol–water partition coefficient (Wildman–Crippen LogP) is 2.46. The molecule has 4 heteroatoms. The van der Waals surface area contributed by atoms with Crippen molar-refractivity contribution in [2.75, 3.05) is 25.0 Å². The SMILES string of the molecule is CCN(CCCCC(C)(NC)C(N)=O)c1ccc(C)cc1. The van der Waals surface area contributed by atoms with Crippen molar-refractivity contribution in [1.29, 1.82) is 0 Å². The van der Waals surface area contributed by atoms with Crippen LogP contribution in [0.4, 0.5) is 5.69 Å². The molecule has 1 atom stereocenters. The molecule has 0 heterocycles. The van der Waals surface area contributed by atoms with E-state index in [4.69, 9.17) is 5.73 Å². The fourth-order valence-corrected chi connectivity index (χ4v) is 2.38. The number of carbonyl (C=O) groups is 1. The van der Waals surface area contributed by atoms with Gasteiger partial charge in [-0.15, -0.1) is 0 Å². The van der Waals surface area contributed by atoms with Crippen LogP contribution in [0.5, 0.6) is 0 Å². The maximum absolute atomic E-state index is 11.4. The van der Waals surface area contributed by atoms with Crippen LogP contribution in [-0.2, 0) is 4.79 Å². The highest BCUT2D eigenvalue weighted by Crippen LogP contribution is 2.17. The topological polar surface area (TPSA) is 58.4 Å². The highest BCUT2D eigenvalue weighted by Gasteiger charge is 2.27. The summed E-state index contributed by atoms with van der Waals surface area (Å²) in [5.41, 5.74) is 7.38. The first-order valence-electron chi connectivity index (χ1n) is 7.73. The fourth-order valence-electron chi connectivity index (χ4n) is 2.38. The summed E-state index contributed by atoms with van der Waals surface area (Å²) in [4.78, 5) is 13.8. The van der Waals surface area contributed by atoms with Crippen molar-refractivity contribution >= 4 is 11.6 Å². The van der Waals surface area contributed by atoms with Crippen LogP contribution >= 0.6 is 0 Å². The highest BCUT2D eigenvalue weighted by molar-refractivity contribution is 5.84. The van der Waals surface area contributed by atoms with Crippen LogP contribution in [0.3, 0.4) is 0 Å². The molecule has 3 N–H and O–H groups in total. The van der Waals surface area contributed by atoms with Crippen LogP contribution in [0.15, 0.2) is 24.3 Å². The minimum absolute atomic E-state index is 0.282. The average molecular weight is 291 g/mol. The Morgan fingerprint density at radius 2 is 1.90 bits per heavy atom. The monoisotopic (exact) mass is 291 g/mol. The molecule has 21 heavy (non-hydrogen) atoms. The fraction of sp³-hybridized carbons (Fsp3) is 0.588. The van der Waals surface area contributed by atoms with Crippen LogP contribution in [0, 0.1) is 6.92 Å². The van der Waals surface area contributed by atoms with Gasteiger partial charge in [-0.1, -0.05) is 17.7 Å². The summed E-state index contributed by atoms with van der Waals surface area (Å²) in [5.74, 6) is -0.282. The van der Waals surface area contributed by atoms with E-state index in [-0.39, 0.29) is 5.91 Å². The van der Waals surface area contributed by atoms with Crippen LogP contribution in [-0.4, -0.2) is 31.6 Å². The Bertz CT molecular complexity index is 444. The van der Waals surface area contributed by atoms with Gasteiger partial charge < -0.3 is 16.0 Å². The lowest BCUT2D eigenvalue weighted by Gasteiger charge is -2.27. The van der Waals surface area contributed by atoms with Crippen molar-refractivity contribution in [3.8, 4) is 0 Å². The third-order valence-corrected chi connectivity index (χ3v) is 4.23. The number of nitrogens with one attached hydrogen (secondary N) is 1. The number of rotatable bonds is 9. The molecule has 0 spiro atoms. The summed E-state index contributed by atoms with van der Waals surface area (Å²) >= 11 is 0. The number of primary amides is 1. The van der Waals surface area contributed by atoms with Gasteiger partial charge in [0.25, 0.3) is 0 Å². The number of hydrogen-bond donors (Lipinski definition) is 2. The third-order valence-electron chi connectivity index (χ3n) is 4.23. The molecule has 1 rings (SSSR count). The normalized spacial score (nSPS) is 13.7. The van der Waals surface area contributed by atoms with E-state index in [2.05, 4.69) is 48.3 Å². The Labute approximate surface area is 128 Å². The van der Waals surface area contributed by atoms with E-state index in [0.717, 1.165) is 32.4 Å². The van der Waals surface area contributed by atoms with Crippen molar-refractivity contribution in [1.82, 2.24) is 5.32 Å². The first-order valence-corrected chi connectivity index (χ1v) is 7.73. The van der Waals surface area contributed by atoms with Crippen LogP contribution < -0.4 is 16.0 Å². The summed E-state index contributed by atoms with van der Waals surface area (Å²) in [7, 11) is 1.79. The van der Waals surface area contributed by atoms with E-state index in [1.54, 1.807) is 7.05 Å². The lowest BCUT2D eigenvalue weighted by atomic mass is 9.94. The molecule has 0 aliphatic heterocycles. The molecule has 0 saturated heterocycles. The number of anilines is 1.